The maximum atomic E-state index is 12.4. The molecule has 0 heterocycles. The number of carbonyl (C=O) groups is 2. The van der Waals surface area contributed by atoms with E-state index in [4.69, 9.17) is 14.2 Å². The predicted octanol–water partition coefficient (Wildman–Crippen LogP) is 13.3. The van der Waals surface area contributed by atoms with E-state index in [9.17, 15) is 40.2 Å². The number of phenols is 6. The van der Waals surface area contributed by atoms with E-state index < -0.39 is 5.97 Å². The highest BCUT2D eigenvalue weighted by Crippen LogP contribution is 2.43. The zero-order valence-corrected chi connectivity index (χ0v) is 38.4. The molecule has 0 saturated heterocycles. The smallest absolute Gasteiger partial charge is 0.336 e. The molecule has 0 amide bonds. The van der Waals surface area contributed by atoms with Crippen LogP contribution in [0.25, 0.3) is 6.08 Å². The summed E-state index contributed by atoms with van der Waals surface area (Å²) in [6, 6.07) is 24.5. The summed E-state index contributed by atoms with van der Waals surface area (Å²) in [5.41, 5.74) is 0.794. The van der Waals surface area contributed by atoms with Gasteiger partial charge in [-0.3, -0.25) is 4.79 Å². The van der Waals surface area contributed by atoms with Crippen molar-refractivity contribution in [1.82, 2.24) is 0 Å². The van der Waals surface area contributed by atoms with E-state index in [1.807, 2.05) is 0 Å². The molecule has 5 aromatic carbocycles. The Labute approximate surface area is 389 Å². The van der Waals surface area contributed by atoms with Crippen molar-refractivity contribution in [3.8, 4) is 51.7 Å². The first-order chi connectivity index (χ1) is 31.4. The van der Waals surface area contributed by atoms with Gasteiger partial charge in [0.05, 0.1) is 26.7 Å². The van der Waals surface area contributed by atoms with Gasteiger partial charge in [0.1, 0.15) is 51.7 Å². The van der Waals surface area contributed by atoms with Gasteiger partial charge in [0.2, 0.25) is 0 Å². The summed E-state index contributed by atoms with van der Waals surface area (Å²) in [5.74, 6) is -0.211. The van der Waals surface area contributed by atoms with E-state index in [0.29, 0.717) is 31.8 Å². The first-order valence-electron chi connectivity index (χ1n) is 21.5. The zero-order valence-electron chi connectivity index (χ0n) is 36.7. The van der Waals surface area contributed by atoms with E-state index >= 15 is 0 Å². The number of benzene rings is 5. The summed E-state index contributed by atoms with van der Waals surface area (Å²) in [5, 5.41) is 58.5. The van der Waals surface area contributed by atoms with Crippen LogP contribution >= 0.6 is 23.5 Å². The SMILES string of the molecule is CCCCCC=CCC=CCCCCCCCC(=O)Oc1cc(O)ccc1Sc1ccc(O)cc1O.COc1ccc(/C=C/C(=O)Oc2cc(O)ccc2Sc2ccc(O)cc2O)cc1. The molecule has 5 aromatic rings. The van der Waals surface area contributed by atoms with Crippen LogP contribution in [0.15, 0.2) is 147 Å². The molecule has 0 aromatic heterocycles. The first-order valence-corrected chi connectivity index (χ1v) is 23.2. The molecule has 5 rings (SSSR count). The molecule has 13 heteroatoms. The largest absolute Gasteiger partial charge is 0.508 e. The van der Waals surface area contributed by atoms with Crippen molar-refractivity contribution in [2.75, 3.05) is 7.11 Å². The number of hydrogen-bond acceptors (Lipinski definition) is 13. The molecule has 0 unspecified atom stereocenters. The minimum absolute atomic E-state index is 0.00544. The molecule has 0 aliphatic rings. The van der Waals surface area contributed by atoms with E-state index in [-0.39, 0.29) is 52.0 Å². The van der Waals surface area contributed by atoms with Gasteiger partial charge in [0, 0.05) is 36.8 Å². The highest BCUT2D eigenvalue weighted by atomic mass is 32.2. The van der Waals surface area contributed by atoms with Gasteiger partial charge in [-0.1, -0.05) is 99.0 Å². The van der Waals surface area contributed by atoms with Gasteiger partial charge in [-0.15, -0.1) is 0 Å². The lowest BCUT2D eigenvalue weighted by Crippen LogP contribution is -2.08. The van der Waals surface area contributed by atoms with E-state index in [2.05, 4.69) is 31.2 Å². The highest BCUT2D eigenvalue weighted by molar-refractivity contribution is 7.99. The van der Waals surface area contributed by atoms with Crippen LogP contribution in [-0.4, -0.2) is 49.7 Å². The Morgan fingerprint density at radius 1 is 0.538 bits per heavy atom. The van der Waals surface area contributed by atoms with Gasteiger partial charge in [-0.2, -0.15) is 0 Å². The first kappa shape index (κ1) is 51.2. The minimum Gasteiger partial charge on any atom is -0.508 e. The fourth-order valence-corrected chi connectivity index (χ4v) is 7.77. The molecule has 65 heavy (non-hydrogen) atoms. The third kappa shape index (κ3) is 19.5. The molecule has 344 valence electrons. The summed E-state index contributed by atoms with van der Waals surface area (Å²) in [6.45, 7) is 2.23. The molecule has 0 fully saturated rings. The van der Waals surface area contributed by atoms with Crippen molar-refractivity contribution in [2.24, 2.45) is 0 Å². The number of methoxy groups -OCH3 is 1. The Balaban J connectivity index is 0.000000291. The third-order valence-electron chi connectivity index (χ3n) is 9.47. The lowest BCUT2D eigenvalue weighted by atomic mass is 10.1. The fourth-order valence-electron chi connectivity index (χ4n) is 6.02. The number of ether oxygens (including phenoxy) is 3. The van der Waals surface area contributed by atoms with Crippen LogP contribution in [0.2, 0.25) is 0 Å². The Bertz CT molecular complexity index is 2360. The number of rotatable bonds is 23. The normalized spacial score (nSPS) is 11.2. The highest BCUT2D eigenvalue weighted by Gasteiger charge is 2.15. The minimum atomic E-state index is -0.622. The Morgan fingerprint density at radius 3 is 1.54 bits per heavy atom. The lowest BCUT2D eigenvalue weighted by Gasteiger charge is -2.11. The summed E-state index contributed by atoms with van der Waals surface area (Å²) in [4.78, 5) is 26.6. The quantitative estimate of drug-likeness (QED) is 0.0120. The molecular weight excluding hydrogens is 865 g/mol. The molecule has 0 spiro atoms. The van der Waals surface area contributed by atoms with Crippen LogP contribution in [0.3, 0.4) is 0 Å². The number of phenolic OH excluding ortho intramolecular Hbond substituents is 6. The second-order valence-electron chi connectivity index (χ2n) is 14.8. The van der Waals surface area contributed by atoms with E-state index in [1.54, 1.807) is 55.7 Å². The van der Waals surface area contributed by atoms with Crippen molar-refractivity contribution in [2.45, 2.75) is 104 Å². The number of unbranched alkanes of at least 4 members (excludes halogenated alkanes) is 8. The van der Waals surface area contributed by atoms with Crippen LogP contribution in [0.1, 0.15) is 89.5 Å². The number of carbonyl (C=O) groups excluding carboxylic acids is 2. The second-order valence-corrected chi connectivity index (χ2v) is 16.9. The van der Waals surface area contributed by atoms with Crippen LogP contribution in [0.5, 0.6) is 51.7 Å². The molecule has 0 radical (unpaired) electrons. The summed E-state index contributed by atoms with van der Waals surface area (Å²) in [6.07, 6.45) is 24.5. The monoisotopic (exact) mass is 922 g/mol. The number of esters is 2. The van der Waals surface area contributed by atoms with Gasteiger partial charge in [-0.25, -0.2) is 4.79 Å². The molecule has 11 nitrogen and oxygen atoms in total. The van der Waals surface area contributed by atoms with Gasteiger partial charge in [0.15, 0.2) is 0 Å². The van der Waals surface area contributed by atoms with Gasteiger partial charge in [0.25, 0.3) is 0 Å². The van der Waals surface area contributed by atoms with Crippen molar-refractivity contribution >= 4 is 41.5 Å². The van der Waals surface area contributed by atoms with E-state index in [1.165, 1.54) is 98.1 Å². The van der Waals surface area contributed by atoms with Crippen molar-refractivity contribution in [3.63, 3.8) is 0 Å². The second kappa shape index (κ2) is 28.4. The van der Waals surface area contributed by atoms with E-state index in [0.717, 1.165) is 62.3 Å². The van der Waals surface area contributed by atoms with Crippen LogP contribution in [-0.2, 0) is 9.59 Å². The topological polar surface area (TPSA) is 183 Å². The maximum Gasteiger partial charge on any atom is 0.336 e. The van der Waals surface area contributed by atoms with Crippen LogP contribution in [0.4, 0.5) is 0 Å². The molecule has 0 aliphatic heterocycles. The third-order valence-corrected chi connectivity index (χ3v) is 11.7. The number of allylic oxidation sites excluding steroid dienone is 4. The molecule has 0 bridgehead atoms. The molecular formula is C52H58O11S2. The van der Waals surface area contributed by atoms with Gasteiger partial charge >= 0.3 is 11.9 Å². The summed E-state index contributed by atoms with van der Waals surface area (Å²) in [7, 11) is 1.57. The van der Waals surface area contributed by atoms with Crippen LogP contribution < -0.4 is 14.2 Å². The Kier molecular flexibility index (Phi) is 22.3. The Hall–Kier alpha value is -6.44. The average Bonchev–Trinajstić information content (AvgIpc) is 3.28. The molecule has 0 atom stereocenters. The molecule has 0 aliphatic carbocycles. The molecule has 0 saturated carbocycles. The number of aromatic hydroxyl groups is 6. The van der Waals surface area contributed by atoms with Crippen molar-refractivity contribution in [3.05, 3.63) is 133 Å². The summed E-state index contributed by atoms with van der Waals surface area (Å²) >= 11 is 2.32. The number of hydrogen-bond donors (Lipinski definition) is 6. The van der Waals surface area contributed by atoms with Gasteiger partial charge < -0.3 is 44.8 Å². The molecule has 6 N–H and O–H groups in total. The zero-order chi connectivity index (χ0) is 46.8. The van der Waals surface area contributed by atoms with Crippen LogP contribution in [0, 0.1) is 0 Å². The average molecular weight is 923 g/mol. The standard InChI is InChI=1S/C30H40O5S.C22H18O6S/c1-2-3-4-5-6-7-8-9-10-11-12-13-14-15-16-17-30(34)35-27-23-25(32)19-21-29(27)36-28-20-18-24(31)22-26(28)33;1-27-17-7-2-14(3-8-17)4-11-22(26)28-19-13-16(24)6-10-21(19)29-20-9-5-15(23)12-18(20)25/h6-7,9-10,18-23,31-33H,2-5,8,11-17H2,1H3;2-13,23-25H,1H3/b;11-4+. The maximum absolute atomic E-state index is 12.4. The Morgan fingerprint density at radius 2 is 1.02 bits per heavy atom. The summed E-state index contributed by atoms with van der Waals surface area (Å²) < 4.78 is 16.0. The van der Waals surface area contributed by atoms with Gasteiger partial charge in [-0.05, 0) is 111 Å². The fraction of sp³-hybridized carbons (Fsp3) is 0.269. The lowest BCUT2D eigenvalue weighted by molar-refractivity contribution is -0.134. The van der Waals surface area contributed by atoms with Crippen molar-refractivity contribution in [1.29, 1.82) is 0 Å². The van der Waals surface area contributed by atoms with Crippen molar-refractivity contribution < 1.29 is 54.4 Å². The predicted molar refractivity (Wildman–Crippen MR) is 257 cm³/mol.